The molecule has 0 unspecified atom stereocenters. The number of carbonyl (C=O) groups is 1. The van der Waals surface area contributed by atoms with Crippen molar-refractivity contribution in [1.29, 1.82) is 0 Å². The van der Waals surface area contributed by atoms with E-state index in [1.165, 1.54) is 32.1 Å². The van der Waals surface area contributed by atoms with Crippen LogP contribution >= 0.6 is 11.6 Å². The Balaban J connectivity index is 1.68. The number of halogens is 1. The molecule has 0 bridgehead atoms. The van der Waals surface area contributed by atoms with Gasteiger partial charge in [0, 0.05) is 35.9 Å². The van der Waals surface area contributed by atoms with Crippen molar-refractivity contribution in [1.82, 2.24) is 14.7 Å². The molecule has 0 aromatic heterocycles. The number of anilines is 1. The highest BCUT2D eigenvalue weighted by atomic mass is 35.5. The van der Waals surface area contributed by atoms with Gasteiger partial charge in [0.15, 0.2) is 0 Å². The molecule has 1 N–H and O–H groups in total. The standard InChI is InChI=1S/C22H35ClN4O/c1-16-9-10-17(23)15-19(16)24-22(28)27(4)21-8-6-5-7-20(21)26(3)18-11-13-25(2)14-12-18/h9-10,15,18,20-21H,5-8,11-14H2,1-4H3,(H,24,28)/t20-,21+/m1/s1. The molecular weight excluding hydrogens is 372 g/mol. The topological polar surface area (TPSA) is 38.8 Å². The molecular formula is C22H35ClN4O. The average Bonchev–Trinajstić information content (AvgIpc) is 2.70. The molecule has 1 aliphatic carbocycles. The average molecular weight is 407 g/mol. The van der Waals surface area contributed by atoms with Crippen molar-refractivity contribution in [2.24, 2.45) is 0 Å². The van der Waals surface area contributed by atoms with Crippen LogP contribution in [0.3, 0.4) is 0 Å². The summed E-state index contributed by atoms with van der Waals surface area (Å²) in [6, 6.07) is 6.87. The summed E-state index contributed by atoms with van der Waals surface area (Å²) in [4.78, 5) is 19.9. The Hall–Kier alpha value is -1.30. The minimum atomic E-state index is -0.0426. The second-order valence-electron chi connectivity index (χ2n) is 8.62. The molecule has 1 saturated heterocycles. The van der Waals surface area contributed by atoms with Crippen molar-refractivity contribution >= 4 is 23.3 Å². The zero-order valence-corrected chi connectivity index (χ0v) is 18.5. The molecule has 1 aromatic carbocycles. The first-order valence-corrected chi connectivity index (χ1v) is 10.9. The summed E-state index contributed by atoms with van der Waals surface area (Å²) in [6.07, 6.45) is 7.11. The van der Waals surface area contributed by atoms with Crippen LogP contribution in [0.2, 0.25) is 5.02 Å². The van der Waals surface area contributed by atoms with Gasteiger partial charge in [-0.15, -0.1) is 0 Å². The van der Waals surface area contributed by atoms with Gasteiger partial charge in [-0.3, -0.25) is 4.90 Å². The van der Waals surface area contributed by atoms with Crippen molar-refractivity contribution in [3.63, 3.8) is 0 Å². The SMILES string of the molecule is Cc1ccc(Cl)cc1NC(=O)N(C)[C@H]1CCCC[C@H]1N(C)C1CCN(C)CC1. The van der Waals surface area contributed by atoms with Gasteiger partial charge in [-0.1, -0.05) is 30.5 Å². The fraction of sp³-hybridized carbons (Fsp3) is 0.682. The van der Waals surface area contributed by atoms with Crippen LogP contribution in [0.4, 0.5) is 10.5 Å². The van der Waals surface area contributed by atoms with E-state index < -0.39 is 0 Å². The highest BCUT2D eigenvalue weighted by molar-refractivity contribution is 6.31. The van der Waals surface area contributed by atoms with Crippen LogP contribution < -0.4 is 5.32 Å². The van der Waals surface area contributed by atoms with E-state index >= 15 is 0 Å². The van der Waals surface area contributed by atoms with E-state index in [-0.39, 0.29) is 12.1 Å². The van der Waals surface area contributed by atoms with E-state index in [1.54, 1.807) is 0 Å². The fourth-order valence-corrected chi connectivity index (χ4v) is 4.95. The fourth-order valence-electron chi connectivity index (χ4n) is 4.77. The van der Waals surface area contributed by atoms with Crippen LogP contribution in [-0.2, 0) is 0 Å². The minimum Gasteiger partial charge on any atom is -0.323 e. The molecule has 0 spiro atoms. The molecule has 1 aromatic rings. The summed E-state index contributed by atoms with van der Waals surface area (Å²) in [6.45, 7) is 4.32. The Labute approximate surface area is 175 Å². The molecule has 1 heterocycles. The lowest BCUT2D eigenvalue weighted by Crippen LogP contribution is -2.57. The van der Waals surface area contributed by atoms with Gasteiger partial charge in [0.2, 0.25) is 0 Å². The molecule has 1 saturated carbocycles. The largest absolute Gasteiger partial charge is 0.323 e. The Morgan fingerprint density at radius 3 is 2.43 bits per heavy atom. The van der Waals surface area contributed by atoms with Gasteiger partial charge < -0.3 is 15.1 Å². The highest BCUT2D eigenvalue weighted by Crippen LogP contribution is 2.30. The summed E-state index contributed by atoms with van der Waals surface area (Å²) in [5, 5.41) is 3.71. The van der Waals surface area contributed by atoms with Gasteiger partial charge in [-0.05, 0) is 77.5 Å². The molecule has 0 radical (unpaired) electrons. The van der Waals surface area contributed by atoms with Gasteiger partial charge in [-0.25, -0.2) is 4.79 Å². The Morgan fingerprint density at radius 1 is 1.11 bits per heavy atom. The van der Waals surface area contributed by atoms with Crippen molar-refractivity contribution in [3.05, 3.63) is 28.8 Å². The summed E-state index contributed by atoms with van der Waals surface area (Å²) >= 11 is 6.11. The van der Waals surface area contributed by atoms with Gasteiger partial charge >= 0.3 is 6.03 Å². The number of urea groups is 1. The predicted molar refractivity (Wildman–Crippen MR) is 117 cm³/mol. The summed E-state index contributed by atoms with van der Waals surface area (Å²) in [7, 11) is 6.42. The van der Waals surface area contributed by atoms with E-state index in [2.05, 4.69) is 29.2 Å². The minimum absolute atomic E-state index is 0.0426. The summed E-state index contributed by atoms with van der Waals surface area (Å²) in [5.41, 5.74) is 1.81. The Morgan fingerprint density at radius 2 is 1.75 bits per heavy atom. The maximum absolute atomic E-state index is 13.0. The third-order valence-corrected chi connectivity index (χ3v) is 6.98. The number of likely N-dealkylation sites (tertiary alicyclic amines) is 1. The number of nitrogens with one attached hydrogen (secondary N) is 1. The first kappa shape index (κ1) is 21.4. The zero-order valence-electron chi connectivity index (χ0n) is 17.7. The first-order chi connectivity index (χ1) is 13.4. The van der Waals surface area contributed by atoms with Crippen LogP contribution in [0.1, 0.15) is 44.1 Å². The van der Waals surface area contributed by atoms with Crippen LogP contribution in [0, 0.1) is 6.92 Å². The van der Waals surface area contributed by atoms with Crippen LogP contribution in [0.5, 0.6) is 0 Å². The molecule has 5 nitrogen and oxygen atoms in total. The molecule has 2 amide bonds. The molecule has 2 fully saturated rings. The number of amides is 2. The van der Waals surface area contributed by atoms with Gasteiger partial charge in [-0.2, -0.15) is 0 Å². The van der Waals surface area contributed by atoms with E-state index in [9.17, 15) is 4.79 Å². The van der Waals surface area contributed by atoms with Crippen LogP contribution in [-0.4, -0.2) is 73.1 Å². The van der Waals surface area contributed by atoms with Crippen molar-refractivity contribution < 1.29 is 4.79 Å². The van der Waals surface area contributed by atoms with E-state index in [1.807, 2.05) is 37.1 Å². The number of piperidine rings is 1. The molecule has 3 rings (SSSR count). The summed E-state index contributed by atoms with van der Waals surface area (Å²) < 4.78 is 0. The smallest absolute Gasteiger partial charge is 0.321 e. The quantitative estimate of drug-likeness (QED) is 0.802. The van der Waals surface area contributed by atoms with Crippen LogP contribution in [0.15, 0.2) is 18.2 Å². The number of rotatable bonds is 4. The van der Waals surface area contributed by atoms with Crippen LogP contribution in [0.25, 0.3) is 0 Å². The molecule has 1 aliphatic heterocycles. The second-order valence-corrected chi connectivity index (χ2v) is 9.06. The number of hydrogen-bond acceptors (Lipinski definition) is 3. The molecule has 2 atom stereocenters. The molecule has 2 aliphatic rings. The number of hydrogen-bond donors (Lipinski definition) is 1. The van der Waals surface area contributed by atoms with Gasteiger partial charge in [0.1, 0.15) is 0 Å². The number of carbonyl (C=O) groups excluding carboxylic acids is 1. The Kier molecular flexibility index (Phi) is 7.24. The maximum atomic E-state index is 13.0. The van der Waals surface area contributed by atoms with Gasteiger partial charge in [0.05, 0.1) is 0 Å². The normalized spacial score (nSPS) is 24.4. The predicted octanol–water partition coefficient (Wildman–Crippen LogP) is 4.45. The third-order valence-electron chi connectivity index (χ3n) is 6.74. The highest BCUT2D eigenvalue weighted by Gasteiger charge is 2.36. The lowest BCUT2D eigenvalue weighted by atomic mass is 9.87. The van der Waals surface area contributed by atoms with Gasteiger partial charge in [0.25, 0.3) is 0 Å². The van der Waals surface area contributed by atoms with E-state index in [4.69, 9.17) is 11.6 Å². The lowest BCUT2D eigenvalue weighted by Gasteiger charge is -2.46. The molecule has 6 heteroatoms. The third kappa shape index (κ3) is 5.00. The molecule has 28 heavy (non-hydrogen) atoms. The van der Waals surface area contributed by atoms with Crippen molar-refractivity contribution in [2.75, 3.05) is 39.5 Å². The van der Waals surface area contributed by atoms with E-state index in [0.29, 0.717) is 17.1 Å². The lowest BCUT2D eigenvalue weighted by molar-refractivity contribution is 0.0443. The monoisotopic (exact) mass is 406 g/mol. The first-order valence-electron chi connectivity index (χ1n) is 10.6. The number of likely N-dealkylation sites (N-methyl/N-ethyl adjacent to an activating group) is 2. The van der Waals surface area contributed by atoms with Crippen molar-refractivity contribution in [2.45, 2.75) is 63.6 Å². The summed E-state index contributed by atoms with van der Waals surface area (Å²) in [5.74, 6) is 0. The van der Waals surface area contributed by atoms with E-state index in [0.717, 1.165) is 30.8 Å². The maximum Gasteiger partial charge on any atom is 0.321 e. The zero-order chi connectivity index (χ0) is 20.3. The number of benzene rings is 1. The van der Waals surface area contributed by atoms with Crippen molar-refractivity contribution in [3.8, 4) is 0 Å². The Bertz CT molecular complexity index is 675. The second kappa shape index (κ2) is 9.47. The number of aryl methyl sites for hydroxylation is 1. The number of nitrogens with zero attached hydrogens (tertiary/aromatic N) is 3. The molecule has 156 valence electrons.